The number of para-hydroxylation sites is 1. The van der Waals surface area contributed by atoms with Crippen molar-refractivity contribution in [2.24, 2.45) is 11.7 Å². The molecule has 0 spiro atoms. The Bertz CT molecular complexity index is 1320. The van der Waals surface area contributed by atoms with Crippen LogP contribution in [0.25, 0.3) is 10.9 Å². The van der Waals surface area contributed by atoms with E-state index in [0.29, 0.717) is 5.56 Å². The number of benzene rings is 2. The van der Waals surface area contributed by atoms with Gasteiger partial charge in [-0.25, -0.2) is 4.79 Å². The molecule has 11 nitrogen and oxygen atoms in total. The Morgan fingerprint density at radius 2 is 1.54 bits per heavy atom. The number of hydrogen-bond donors (Lipinski definition) is 7. The SMILES string of the molecule is CC(NC(=O)C(Cc1ccc(O)cc1)NC(=O)C(N)Cc1c[nH]c2ccccc12)C(=O)NC(C(=O)O)C(C)C. The third kappa shape index (κ3) is 7.81. The highest BCUT2D eigenvalue weighted by atomic mass is 16.4. The van der Waals surface area contributed by atoms with Crippen molar-refractivity contribution < 1.29 is 29.4 Å². The lowest BCUT2D eigenvalue weighted by Gasteiger charge is -2.24. The minimum Gasteiger partial charge on any atom is -0.508 e. The molecule has 1 aromatic heterocycles. The van der Waals surface area contributed by atoms with E-state index in [2.05, 4.69) is 20.9 Å². The molecule has 0 radical (unpaired) electrons. The molecule has 0 aliphatic rings. The second-order valence-electron chi connectivity index (χ2n) is 9.90. The zero-order valence-corrected chi connectivity index (χ0v) is 22.1. The van der Waals surface area contributed by atoms with Gasteiger partial charge in [0.05, 0.1) is 6.04 Å². The predicted molar refractivity (Wildman–Crippen MR) is 146 cm³/mol. The van der Waals surface area contributed by atoms with Crippen LogP contribution in [-0.2, 0) is 32.0 Å². The summed E-state index contributed by atoms with van der Waals surface area (Å²) >= 11 is 0. The van der Waals surface area contributed by atoms with Crippen LogP contribution in [0.4, 0.5) is 0 Å². The first-order valence-corrected chi connectivity index (χ1v) is 12.7. The molecule has 4 atom stereocenters. The fourth-order valence-electron chi connectivity index (χ4n) is 4.16. The molecule has 208 valence electrons. The second kappa shape index (κ2) is 12.9. The highest BCUT2D eigenvalue weighted by Crippen LogP contribution is 2.19. The maximum atomic E-state index is 13.2. The third-order valence-corrected chi connectivity index (χ3v) is 6.44. The Hall–Kier alpha value is -4.38. The van der Waals surface area contributed by atoms with Crippen molar-refractivity contribution in [3.05, 3.63) is 65.9 Å². The maximum Gasteiger partial charge on any atom is 0.326 e. The van der Waals surface area contributed by atoms with Crippen LogP contribution in [0.3, 0.4) is 0 Å². The summed E-state index contributed by atoms with van der Waals surface area (Å²) in [5.74, 6) is -3.37. The Kier molecular flexibility index (Phi) is 9.67. The Balaban J connectivity index is 1.72. The Morgan fingerprint density at radius 3 is 2.18 bits per heavy atom. The Morgan fingerprint density at radius 1 is 0.872 bits per heavy atom. The van der Waals surface area contributed by atoms with Crippen LogP contribution in [-0.4, -0.2) is 63.1 Å². The lowest BCUT2D eigenvalue weighted by molar-refractivity contribution is -0.143. The quantitative estimate of drug-likeness (QED) is 0.181. The number of aromatic amines is 1. The van der Waals surface area contributed by atoms with E-state index < -0.39 is 47.9 Å². The first-order chi connectivity index (χ1) is 18.5. The number of aromatic nitrogens is 1. The number of carbonyl (C=O) groups excluding carboxylic acids is 3. The standard InChI is InChI=1S/C28H35N5O6/c1-15(2)24(28(38)39)33-25(35)16(3)31-27(37)23(12-17-8-10-19(34)11-9-17)32-26(36)21(29)13-18-14-30-22-7-5-4-6-20(18)22/h4-11,14-16,21,23-24,30,34H,12-13,29H2,1-3H3,(H,31,37)(H,32,36)(H,33,35)(H,38,39). The molecular formula is C28H35N5O6. The molecular weight excluding hydrogens is 502 g/mol. The molecule has 0 saturated carbocycles. The molecule has 4 unspecified atom stereocenters. The van der Waals surface area contributed by atoms with Crippen LogP contribution in [0, 0.1) is 5.92 Å². The van der Waals surface area contributed by atoms with Gasteiger partial charge in [-0.15, -0.1) is 0 Å². The van der Waals surface area contributed by atoms with Gasteiger partial charge in [0.1, 0.15) is 23.9 Å². The van der Waals surface area contributed by atoms with Crippen molar-refractivity contribution >= 4 is 34.6 Å². The van der Waals surface area contributed by atoms with Crippen molar-refractivity contribution in [3.8, 4) is 5.75 Å². The summed E-state index contributed by atoms with van der Waals surface area (Å²) in [5.41, 5.74) is 8.64. The van der Waals surface area contributed by atoms with E-state index in [-0.39, 0.29) is 24.5 Å². The van der Waals surface area contributed by atoms with Gasteiger partial charge >= 0.3 is 5.97 Å². The highest BCUT2D eigenvalue weighted by Gasteiger charge is 2.29. The van der Waals surface area contributed by atoms with Crippen LogP contribution in [0.5, 0.6) is 5.75 Å². The van der Waals surface area contributed by atoms with E-state index in [4.69, 9.17) is 5.73 Å². The van der Waals surface area contributed by atoms with Crippen LogP contribution in [0.2, 0.25) is 0 Å². The molecule has 11 heteroatoms. The van der Waals surface area contributed by atoms with Gasteiger partial charge in [0.15, 0.2) is 0 Å². The topological polar surface area (TPSA) is 187 Å². The summed E-state index contributed by atoms with van der Waals surface area (Å²) in [6.45, 7) is 4.74. The molecule has 3 rings (SSSR count). The van der Waals surface area contributed by atoms with Crippen molar-refractivity contribution in [1.82, 2.24) is 20.9 Å². The Labute approximate surface area is 226 Å². The molecule has 8 N–H and O–H groups in total. The van der Waals surface area contributed by atoms with E-state index in [1.54, 1.807) is 32.2 Å². The number of rotatable bonds is 12. The number of fused-ring (bicyclic) bond motifs is 1. The summed E-state index contributed by atoms with van der Waals surface area (Å²) in [4.78, 5) is 53.5. The number of carbonyl (C=O) groups is 4. The first-order valence-electron chi connectivity index (χ1n) is 12.7. The van der Waals surface area contributed by atoms with Crippen molar-refractivity contribution in [2.45, 2.75) is 57.8 Å². The summed E-state index contributed by atoms with van der Waals surface area (Å²) < 4.78 is 0. The van der Waals surface area contributed by atoms with E-state index in [1.165, 1.54) is 19.1 Å². The number of nitrogens with two attached hydrogens (primary N) is 1. The fourth-order valence-corrected chi connectivity index (χ4v) is 4.16. The number of aromatic hydroxyl groups is 1. The van der Waals surface area contributed by atoms with Crippen molar-refractivity contribution in [3.63, 3.8) is 0 Å². The van der Waals surface area contributed by atoms with Gasteiger partial charge in [-0.05, 0) is 48.6 Å². The van der Waals surface area contributed by atoms with Crippen LogP contribution < -0.4 is 21.7 Å². The summed E-state index contributed by atoms with van der Waals surface area (Å²) in [5, 5.41) is 27.5. The minimum atomic E-state index is -1.18. The number of carboxylic acid groups (broad SMARTS) is 1. The molecule has 0 aliphatic heterocycles. The summed E-state index contributed by atoms with van der Waals surface area (Å²) in [7, 11) is 0. The number of aliphatic carboxylic acids is 1. The zero-order valence-electron chi connectivity index (χ0n) is 22.1. The summed E-state index contributed by atoms with van der Waals surface area (Å²) in [6.07, 6.45) is 2.09. The van der Waals surface area contributed by atoms with Gasteiger partial charge in [-0.1, -0.05) is 44.2 Å². The van der Waals surface area contributed by atoms with Crippen LogP contribution in [0.15, 0.2) is 54.7 Å². The number of phenolic OH excluding ortho intramolecular Hbond substituents is 1. The third-order valence-electron chi connectivity index (χ3n) is 6.44. The predicted octanol–water partition coefficient (Wildman–Crippen LogP) is 1.20. The van der Waals surface area contributed by atoms with Gasteiger partial charge in [-0.3, -0.25) is 14.4 Å². The first kappa shape index (κ1) is 29.2. The van der Waals surface area contributed by atoms with Crippen molar-refractivity contribution in [1.29, 1.82) is 0 Å². The van der Waals surface area contributed by atoms with E-state index >= 15 is 0 Å². The number of nitrogens with one attached hydrogen (secondary N) is 4. The molecule has 0 fully saturated rings. The number of amides is 3. The highest BCUT2D eigenvalue weighted by molar-refractivity contribution is 5.94. The summed E-state index contributed by atoms with van der Waals surface area (Å²) in [6, 6.07) is 9.54. The van der Waals surface area contributed by atoms with Gasteiger partial charge in [0.25, 0.3) is 0 Å². The number of carboxylic acids is 1. The lowest BCUT2D eigenvalue weighted by atomic mass is 10.0. The smallest absolute Gasteiger partial charge is 0.326 e. The molecule has 2 aromatic carbocycles. The average molecular weight is 538 g/mol. The van der Waals surface area contributed by atoms with E-state index in [1.807, 2.05) is 24.3 Å². The normalized spacial score (nSPS) is 14.3. The minimum absolute atomic E-state index is 0.0490. The van der Waals surface area contributed by atoms with E-state index in [9.17, 15) is 29.4 Å². The molecule has 0 saturated heterocycles. The number of phenols is 1. The van der Waals surface area contributed by atoms with Gasteiger partial charge in [0, 0.05) is 23.5 Å². The van der Waals surface area contributed by atoms with E-state index in [0.717, 1.165) is 16.5 Å². The molecule has 0 aliphatic carbocycles. The second-order valence-corrected chi connectivity index (χ2v) is 9.90. The molecule has 3 aromatic rings. The largest absolute Gasteiger partial charge is 0.508 e. The molecule has 39 heavy (non-hydrogen) atoms. The monoisotopic (exact) mass is 537 g/mol. The fraction of sp³-hybridized carbons (Fsp3) is 0.357. The number of hydrogen-bond acceptors (Lipinski definition) is 6. The number of H-pyrrole nitrogens is 1. The van der Waals surface area contributed by atoms with Crippen molar-refractivity contribution in [2.75, 3.05) is 0 Å². The zero-order chi connectivity index (χ0) is 28.7. The van der Waals surface area contributed by atoms with Gasteiger partial charge in [0.2, 0.25) is 17.7 Å². The maximum absolute atomic E-state index is 13.2. The lowest BCUT2D eigenvalue weighted by Crippen LogP contribution is -2.57. The molecule has 3 amide bonds. The van der Waals surface area contributed by atoms with Crippen LogP contribution in [0.1, 0.15) is 31.9 Å². The molecule has 0 bridgehead atoms. The average Bonchev–Trinajstić information content (AvgIpc) is 3.30. The van der Waals surface area contributed by atoms with Gasteiger partial charge < -0.3 is 36.9 Å². The molecule has 1 heterocycles. The van der Waals surface area contributed by atoms with Gasteiger partial charge in [-0.2, -0.15) is 0 Å². The van der Waals surface area contributed by atoms with Crippen LogP contribution >= 0.6 is 0 Å².